The Balaban J connectivity index is 1.93. The van der Waals surface area contributed by atoms with Crippen LogP contribution in [0.1, 0.15) is 22.8 Å². The molecule has 30 heavy (non-hydrogen) atoms. The van der Waals surface area contributed by atoms with Crippen molar-refractivity contribution in [3.63, 3.8) is 0 Å². The molecule has 6 heteroatoms. The first kappa shape index (κ1) is 19.9. The summed E-state index contributed by atoms with van der Waals surface area (Å²) >= 11 is 0. The van der Waals surface area contributed by atoms with Crippen molar-refractivity contribution in [3.05, 3.63) is 77.9 Å². The van der Waals surface area contributed by atoms with E-state index in [2.05, 4.69) is 0 Å². The van der Waals surface area contributed by atoms with Crippen LogP contribution in [0.5, 0.6) is 17.2 Å². The molecular weight excluding hydrogens is 400 g/mol. The molecule has 0 radical (unpaired) electrons. The van der Waals surface area contributed by atoms with E-state index in [1.807, 2.05) is 6.92 Å². The van der Waals surface area contributed by atoms with Crippen LogP contribution in [0.2, 0.25) is 0 Å². The highest BCUT2D eigenvalue weighted by atomic mass is 32.2. The summed E-state index contributed by atoms with van der Waals surface area (Å²) in [6, 6.07) is 18.5. The third kappa shape index (κ3) is 3.51. The number of aromatic hydroxyl groups is 1. The molecule has 0 saturated carbocycles. The van der Waals surface area contributed by atoms with E-state index in [9.17, 15) is 14.5 Å². The third-order valence-corrected chi connectivity index (χ3v) is 6.40. The molecule has 5 nitrogen and oxygen atoms in total. The predicted octanol–water partition coefficient (Wildman–Crippen LogP) is 5.58. The highest BCUT2D eigenvalue weighted by Gasteiger charge is 2.29. The Hall–Kier alpha value is -3.35. The van der Waals surface area contributed by atoms with E-state index in [4.69, 9.17) is 9.47 Å². The van der Waals surface area contributed by atoms with Crippen molar-refractivity contribution in [2.45, 2.75) is 6.92 Å². The van der Waals surface area contributed by atoms with Gasteiger partial charge in [0.15, 0.2) is 15.4 Å². The molecule has 0 aliphatic carbocycles. The summed E-state index contributed by atoms with van der Waals surface area (Å²) in [4.78, 5) is 13.9. The number of ketones is 1. The third-order valence-electron chi connectivity index (χ3n) is 4.85. The van der Waals surface area contributed by atoms with Gasteiger partial charge in [0.2, 0.25) is 0 Å². The van der Waals surface area contributed by atoms with Crippen molar-refractivity contribution in [3.8, 4) is 27.7 Å². The molecule has 4 rings (SSSR count). The van der Waals surface area contributed by atoms with Gasteiger partial charge in [-0.25, -0.2) is 0 Å². The molecule has 0 spiro atoms. The summed E-state index contributed by atoms with van der Waals surface area (Å²) in [5.41, 5.74) is 1.49. The second-order valence-electron chi connectivity index (χ2n) is 6.67. The van der Waals surface area contributed by atoms with Gasteiger partial charge in [0, 0.05) is 17.2 Å². The Bertz CT molecular complexity index is 1210. The van der Waals surface area contributed by atoms with Gasteiger partial charge in [-0.1, -0.05) is 0 Å². The average molecular weight is 420 g/mol. The number of methoxy groups -OCH3 is 1. The topological polar surface area (TPSA) is 78.8 Å². The van der Waals surface area contributed by atoms with E-state index in [0.717, 1.165) is 0 Å². The number of carbonyl (C=O) groups is 1. The van der Waals surface area contributed by atoms with E-state index in [0.29, 0.717) is 49.8 Å². The Morgan fingerprint density at radius 3 is 2.30 bits per heavy atom. The molecule has 0 bridgehead atoms. The van der Waals surface area contributed by atoms with Crippen LogP contribution < -0.4 is 9.47 Å². The van der Waals surface area contributed by atoms with Crippen LogP contribution >= 0.6 is 10.8 Å². The lowest BCUT2D eigenvalue weighted by molar-refractivity contribution is 0.104. The zero-order valence-corrected chi connectivity index (χ0v) is 17.4. The summed E-state index contributed by atoms with van der Waals surface area (Å²) < 4.78 is 24.7. The van der Waals surface area contributed by atoms with Crippen molar-refractivity contribution >= 4 is 26.6 Å². The Kier molecular flexibility index (Phi) is 5.44. The fraction of sp³-hybridized carbons (Fsp3) is 0.125. The average Bonchev–Trinajstić information content (AvgIpc) is 3.06. The number of carbonyl (C=O) groups excluding carboxylic acids is 1. The number of ether oxygens (including phenoxy) is 2. The van der Waals surface area contributed by atoms with Gasteiger partial charge >= 0.3 is 0 Å². The van der Waals surface area contributed by atoms with E-state index < -0.39 is 10.8 Å². The zero-order valence-electron chi connectivity index (χ0n) is 16.5. The van der Waals surface area contributed by atoms with E-state index in [-0.39, 0.29) is 11.5 Å². The number of phenols is 1. The molecule has 4 aromatic rings. The fourth-order valence-electron chi connectivity index (χ4n) is 3.42. The monoisotopic (exact) mass is 420 g/mol. The van der Waals surface area contributed by atoms with Crippen molar-refractivity contribution in [2.24, 2.45) is 0 Å². The highest BCUT2D eigenvalue weighted by molar-refractivity contribution is 7.35. The quantitative estimate of drug-likeness (QED) is 0.325. The van der Waals surface area contributed by atoms with Crippen LogP contribution in [0.4, 0.5) is 0 Å². The minimum atomic E-state index is -1.56. The second kappa shape index (κ2) is 8.18. The maximum Gasteiger partial charge on any atom is 0.199 e. The molecule has 152 valence electrons. The summed E-state index contributed by atoms with van der Waals surface area (Å²) in [5, 5.41) is 10.3. The van der Waals surface area contributed by atoms with Crippen LogP contribution in [-0.2, 0) is 0 Å². The van der Waals surface area contributed by atoms with Gasteiger partial charge in [0.1, 0.15) is 17.2 Å². The molecule has 0 amide bonds. The minimum Gasteiger partial charge on any atom is -0.590 e. The van der Waals surface area contributed by atoms with Crippen molar-refractivity contribution in [1.29, 1.82) is 0 Å². The van der Waals surface area contributed by atoms with Gasteiger partial charge in [0.25, 0.3) is 0 Å². The number of hydrogen-bond donors (Lipinski definition) is 1. The van der Waals surface area contributed by atoms with Gasteiger partial charge in [-0.3, -0.25) is 4.79 Å². The number of fused-ring (bicyclic) bond motifs is 1. The maximum absolute atomic E-state index is 13.5. The molecule has 1 heterocycles. The smallest absolute Gasteiger partial charge is 0.199 e. The lowest BCUT2D eigenvalue weighted by atomic mass is 9.97. The lowest BCUT2D eigenvalue weighted by Gasteiger charge is -2.06. The Morgan fingerprint density at radius 2 is 1.67 bits per heavy atom. The first-order chi connectivity index (χ1) is 14.5. The van der Waals surface area contributed by atoms with Crippen LogP contribution in [0.25, 0.3) is 20.5 Å². The Labute approximate surface area is 176 Å². The summed E-state index contributed by atoms with van der Waals surface area (Å²) in [6.07, 6.45) is 0. The van der Waals surface area contributed by atoms with Crippen LogP contribution in [-0.4, -0.2) is 29.2 Å². The van der Waals surface area contributed by atoms with Crippen LogP contribution in [0.15, 0.2) is 66.7 Å². The summed E-state index contributed by atoms with van der Waals surface area (Å²) in [7, 11) is -0.0228. The molecule has 1 N–H and O–H groups in total. The number of thiophene rings is 1. The highest BCUT2D eigenvalue weighted by Crippen LogP contribution is 2.47. The zero-order chi connectivity index (χ0) is 21.3. The summed E-state index contributed by atoms with van der Waals surface area (Å²) in [5.74, 6) is 1.13. The number of benzene rings is 3. The van der Waals surface area contributed by atoms with Gasteiger partial charge in [-0.2, -0.15) is 0 Å². The van der Waals surface area contributed by atoms with Gasteiger partial charge in [-0.15, -0.1) is 0 Å². The molecule has 0 aliphatic heterocycles. The molecule has 0 saturated heterocycles. The lowest BCUT2D eigenvalue weighted by Crippen LogP contribution is -2.02. The van der Waals surface area contributed by atoms with Gasteiger partial charge < -0.3 is 19.1 Å². The molecular formula is C24H20O5S. The minimum absolute atomic E-state index is 0.0988. The van der Waals surface area contributed by atoms with E-state index >= 15 is 0 Å². The normalized spacial score (nSPS) is 11.5. The molecule has 1 atom stereocenters. The molecule has 0 fully saturated rings. The first-order valence-corrected chi connectivity index (χ1v) is 10.6. The van der Waals surface area contributed by atoms with Crippen molar-refractivity contribution in [1.82, 2.24) is 0 Å². The van der Waals surface area contributed by atoms with Gasteiger partial charge in [-0.05, 0) is 78.3 Å². The van der Waals surface area contributed by atoms with Crippen molar-refractivity contribution < 1.29 is 23.9 Å². The SMILES string of the molecule is CCOc1ccc(C(=O)c2c(-c3ccc(O)cc3)[s+]([O-])c3cc(OC)ccc23)cc1. The summed E-state index contributed by atoms with van der Waals surface area (Å²) in [6.45, 7) is 2.44. The number of rotatable bonds is 6. The van der Waals surface area contributed by atoms with Crippen molar-refractivity contribution in [2.75, 3.05) is 13.7 Å². The number of phenolic OH excluding ortho intramolecular Hbond substituents is 1. The molecule has 0 aliphatic rings. The van der Waals surface area contributed by atoms with Gasteiger partial charge in [0.05, 0.1) is 24.7 Å². The number of hydrogen-bond acceptors (Lipinski definition) is 5. The fourth-order valence-corrected chi connectivity index (χ4v) is 4.97. The first-order valence-electron chi connectivity index (χ1n) is 9.45. The molecule has 3 aromatic carbocycles. The predicted molar refractivity (Wildman–Crippen MR) is 117 cm³/mol. The Morgan fingerprint density at radius 1 is 1.00 bits per heavy atom. The molecule has 1 aromatic heterocycles. The maximum atomic E-state index is 13.5. The van der Waals surface area contributed by atoms with E-state index in [1.54, 1.807) is 61.7 Å². The molecule has 1 unspecified atom stereocenters. The van der Waals surface area contributed by atoms with Crippen LogP contribution in [0.3, 0.4) is 0 Å². The standard InChI is InChI=1S/C24H20O5S/c1-3-29-18-10-6-15(7-11-18)23(26)22-20-13-12-19(28-2)14-21(20)30(27)24(22)16-4-8-17(25)9-5-16/h4-14,25H,3H2,1-2H3. The largest absolute Gasteiger partial charge is 0.590 e. The van der Waals surface area contributed by atoms with E-state index in [1.165, 1.54) is 12.1 Å². The second-order valence-corrected chi connectivity index (χ2v) is 8.05. The van der Waals surface area contributed by atoms with Crippen LogP contribution in [0, 0.1) is 0 Å².